The molecule has 2 fully saturated rings. The van der Waals surface area contributed by atoms with Crippen LogP contribution < -0.4 is 4.90 Å². The molecule has 2 saturated heterocycles. The van der Waals surface area contributed by atoms with E-state index < -0.39 is 37.1 Å². The van der Waals surface area contributed by atoms with Crippen LogP contribution in [0.5, 0.6) is 0 Å². The molecule has 31 heavy (non-hydrogen) atoms. The van der Waals surface area contributed by atoms with Crippen molar-refractivity contribution in [2.24, 2.45) is 0 Å². The lowest BCUT2D eigenvalue weighted by Gasteiger charge is -2.25. The fraction of sp³-hybridized carbons (Fsp3) is 0.556. The van der Waals surface area contributed by atoms with Gasteiger partial charge in [-0.15, -0.1) is 0 Å². The summed E-state index contributed by atoms with van der Waals surface area (Å²) in [6.07, 6.45) is -4.28. The van der Waals surface area contributed by atoms with Crippen LogP contribution in [0, 0.1) is 0 Å². The summed E-state index contributed by atoms with van der Waals surface area (Å²) >= 11 is 0. The van der Waals surface area contributed by atoms with Gasteiger partial charge in [-0.25, -0.2) is 26.8 Å². The highest BCUT2D eigenvalue weighted by molar-refractivity contribution is 7.95. The molecule has 0 saturated carbocycles. The summed E-state index contributed by atoms with van der Waals surface area (Å²) in [5.74, 6) is -1.67. The molecule has 2 aliphatic heterocycles. The summed E-state index contributed by atoms with van der Waals surface area (Å²) in [6.45, 7) is 0.660. The van der Waals surface area contributed by atoms with Crippen molar-refractivity contribution in [3.63, 3.8) is 0 Å². The Morgan fingerprint density at radius 3 is 2.45 bits per heavy atom. The van der Waals surface area contributed by atoms with E-state index in [1.54, 1.807) is 23.1 Å². The maximum Gasteiger partial charge on any atom is 0.451 e. The summed E-state index contributed by atoms with van der Waals surface area (Å²) < 4.78 is 90.5. The van der Waals surface area contributed by atoms with Crippen molar-refractivity contribution < 1.29 is 30.0 Å². The molecule has 4 rings (SSSR count). The summed E-state index contributed by atoms with van der Waals surface area (Å²) in [4.78, 5) is 9.02. The van der Waals surface area contributed by atoms with Gasteiger partial charge in [0.05, 0.1) is 22.3 Å². The predicted molar refractivity (Wildman–Crippen MR) is 109 cm³/mol. The molecular weight excluding hydrogens is 457 g/mol. The standard InChI is InChI=1S/C18H21F3N4O4S2/c19-18(20,21)17-22-15-5-2-1-4-14(15)16(23-17)24-7-3-8-25(10-9-24)31(28,29)13-6-11-30(26,27)12-13/h1-2,4-5,13H,3,6-12H2/t13-/m1/s1. The number of rotatable bonds is 3. The number of sulfonamides is 1. The van der Waals surface area contributed by atoms with Gasteiger partial charge in [0.1, 0.15) is 5.82 Å². The number of fused-ring (bicyclic) bond motifs is 1. The van der Waals surface area contributed by atoms with Crippen LogP contribution in [0.3, 0.4) is 0 Å². The van der Waals surface area contributed by atoms with Crippen LogP contribution in [-0.4, -0.2) is 74.0 Å². The number of benzene rings is 1. The van der Waals surface area contributed by atoms with E-state index >= 15 is 0 Å². The maximum absolute atomic E-state index is 13.3. The Hall–Kier alpha value is -1.99. The first kappa shape index (κ1) is 22.2. The van der Waals surface area contributed by atoms with Gasteiger partial charge < -0.3 is 4.90 Å². The highest BCUT2D eigenvalue weighted by Gasteiger charge is 2.41. The highest BCUT2D eigenvalue weighted by atomic mass is 32.2. The fourth-order valence-corrected chi connectivity index (χ4v) is 8.55. The van der Waals surface area contributed by atoms with Gasteiger partial charge in [0.15, 0.2) is 9.84 Å². The number of halogens is 3. The van der Waals surface area contributed by atoms with E-state index in [4.69, 9.17) is 0 Å². The van der Waals surface area contributed by atoms with Crippen molar-refractivity contribution in [3.05, 3.63) is 30.1 Å². The number of alkyl halides is 3. The number of para-hydroxylation sites is 1. The van der Waals surface area contributed by atoms with Gasteiger partial charge >= 0.3 is 6.18 Å². The minimum absolute atomic E-state index is 0.0402. The number of nitrogens with zero attached hydrogens (tertiary/aromatic N) is 4. The first-order valence-corrected chi connectivity index (χ1v) is 13.1. The molecule has 0 N–H and O–H groups in total. The number of hydrogen-bond donors (Lipinski definition) is 0. The quantitative estimate of drug-likeness (QED) is 0.662. The number of anilines is 1. The Kier molecular flexibility index (Phi) is 5.63. The van der Waals surface area contributed by atoms with Gasteiger partial charge in [0.2, 0.25) is 15.8 Å². The molecule has 8 nitrogen and oxygen atoms in total. The van der Waals surface area contributed by atoms with Crippen molar-refractivity contribution in [2.75, 3.05) is 42.6 Å². The number of sulfone groups is 1. The van der Waals surface area contributed by atoms with Gasteiger partial charge in [-0.05, 0) is 25.0 Å². The third-order valence-electron chi connectivity index (χ3n) is 5.56. The Bertz CT molecular complexity index is 1200. The molecule has 0 aliphatic carbocycles. The van der Waals surface area contributed by atoms with Crippen molar-refractivity contribution in [3.8, 4) is 0 Å². The summed E-state index contributed by atoms with van der Waals surface area (Å²) in [7, 11) is -7.18. The molecule has 0 unspecified atom stereocenters. The van der Waals surface area contributed by atoms with Crippen molar-refractivity contribution >= 4 is 36.6 Å². The second-order valence-corrected chi connectivity index (χ2v) is 12.1. The Morgan fingerprint density at radius 2 is 1.77 bits per heavy atom. The highest BCUT2D eigenvalue weighted by Crippen LogP contribution is 2.32. The molecule has 13 heteroatoms. The van der Waals surface area contributed by atoms with Gasteiger partial charge in [0, 0.05) is 31.6 Å². The average molecular weight is 479 g/mol. The Morgan fingerprint density at radius 1 is 1.03 bits per heavy atom. The van der Waals surface area contributed by atoms with E-state index in [2.05, 4.69) is 9.97 Å². The van der Waals surface area contributed by atoms with E-state index in [9.17, 15) is 30.0 Å². The molecule has 1 aromatic carbocycles. The first-order chi connectivity index (χ1) is 14.5. The van der Waals surface area contributed by atoms with Crippen molar-refractivity contribution in [2.45, 2.75) is 24.3 Å². The normalized spacial score (nSPS) is 23.2. The molecule has 0 radical (unpaired) electrons. The van der Waals surface area contributed by atoms with Crippen LogP contribution in [0.2, 0.25) is 0 Å². The van der Waals surface area contributed by atoms with Gasteiger partial charge in [0.25, 0.3) is 0 Å². The van der Waals surface area contributed by atoms with E-state index in [1.165, 1.54) is 10.4 Å². The maximum atomic E-state index is 13.3. The average Bonchev–Trinajstić information content (AvgIpc) is 2.91. The SMILES string of the molecule is O=S1(=O)CC[C@@H](S(=O)(=O)N2CCCN(c3nc(C(F)(F)F)nc4ccccc34)CC2)C1. The van der Waals surface area contributed by atoms with Crippen LogP contribution in [0.1, 0.15) is 18.7 Å². The lowest BCUT2D eigenvalue weighted by atomic mass is 10.2. The second-order valence-electron chi connectivity index (χ2n) is 7.70. The molecule has 0 amide bonds. The zero-order valence-corrected chi connectivity index (χ0v) is 18.0. The monoisotopic (exact) mass is 478 g/mol. The number of aromatic nitrogens is 2. The molecule has 1 atom stereocenters. The molecule has 0 bridgehead atoms. The van der Waals surface area contributed by atoms with Crippen LogP contribution in [0.25, 0.3) is 10.9 Å². The molecule has 2 aromatic rings. The zero-order chi connectivity index (χ0) is 22.4. The predicted octanol–water partition coefficient (Wildman–Crippen LogP) is 1.68. The second kappa shape index (κ2) is 7.85. The molecule has 1 aromatic heterocycles. The van der Waals surface area contributed by atoms with Crippen molar-refractivity contribution in [1.29, 1.82) is 0 Å². The van der Waals surface area contributed by atoms with Gasteiger partial charge in [-0.1, -0.05) is 12.1 Å². The zero-order valence-electron chi connectivity index (χ0n) is 16.4. The lowest BCUT2D eigenvalue weighted by Crippen LogP contribution is -2.41. The summed E-state index contributed by atoms with van der Waals surface area (Å²) in [6, 6.07) is 6.38. The topological polar surface area (TPSA) is 101 Å². The molecule has 2 aliphatic rings. The minimum atomic E-state index is -4.71. The van der Waals surface area contributed by atoms with Crippen LogP contribution in [0.15, 0.2) is 24.3 Å². The summed E-state index contributed by atoms with van der Waals surface area (Å²) in [5.41, 5.74) is 0.157. The first-order valence-electron chi connectivity index (χ1n) is 9.76. The number of hydrogen-bond acceptors (Lipinski definition) is 7. The van der Waals surface area contributed by atoms with E-state index in [1.807, 2.05) is 0 Å². The van der Waals surface area contributed by atoms with Gasteiger partial charge in [-0.3, -0.25) is 0 Å². The lowest BCUT2D eigenvalue weighted by molar-refractivity contribution is -0.144. The van der Waals surface area contributed by atoms with Crippen LogP contribution >= 0.6 is 0 Å². The van der Waals surface area contributed by atoms with Crippen LogP contribution in [-0.2, 0) is 26.0 Å². The van der Waals surface area contributed by atoms with Gasteiger partial charge in [-0.2, -0.15) is 17.5 Å². The molecule has 0 spiro atoms. The van der Waals surface area contributed by atoms with E-state index in [0.29, 0.717) is 18.4 Å². The third kappa shape index (κ3) is 4.48. The third-order valence-corrected chi connectivity index (χ3v) is 9.87. The van der Waals surface area contributed by atoms with Crippen molar-refractivity contribution in [1.82, 2.24) is 14.3 Å². The fourth-order valence-electron chi connectivity index (χ4n) is 3.99. The molecular formula is C18H21F3N4O4S2. The summed E-state index contributed by atoms with van der Waals surface area (Å²) in [5, 5.41) is -0.519. The van der Waals surface area contributed by atoms with Crippen LogP contribution in [0.4, 0.5) is 19.0 Å². The molecule has 170 valence electrons. The van der Waals surface area contributed by atoms with E-state index in [0.717, 1.165) is 0 Å². The van der Waals surface area contributed by atoms with E-state index in [-0.39, 0.29) is 48.9 Å². The largest absolute Gasteiger partial charge is 0.451 e. The Balaban J connectivity index is 1.62. The molecule has 3 heterocycles. The smallest absolute Gasteiger partial charge is 0.355 e. The Labute approximate surface area is 178 Å². The minimum Gasteiger partial charge on any atom is -0.355 e.